The topological polar surface area (TPSA) is 6.48 Å². The molecule has 1 fully saturated rings. The predicted molar refractivity (Wildman–Crippen MR) is 58.2 cm³/mol. The zero-order valence-corrected chi connectivity index (χ0v) is 11.4. The van der Waals surface area contributed by atoms with Gasteiger partial charge in [0.25, 0.3) is 0 Å². The number of nitrogens with zero attached hydrogens (tertiary/aromatic N) is 2. The summed E-state index contributed by atoms with van der Waals surface area (Å²) in [6.07, 6.45) is -17.6. The Morgan fingerprint density at radius 1 is 0.696 bits per heavy atom. The molecule has 0 aromatic heterocycles. The third-order valence-electron chi connectivity index (χ3n) is 3.07. The van der Waals surface area contributed by atoms with Gasteiger partial charge >= 0.3 is 18.8 Å². The van der Waals surface area contributed by atoms with Crippen LogP contribution in [-0.2, 0) is 0 Å². The summed E-state index contributed by atoms with van der Waals surface area (Å²) < 4.78 is 127. The number of hydrogen-bond acceptors (Lipinski definition) is 2. The zero-order valence-electron chi connectivity index (χ0n) is 11.4. The Labute approximate surface area is 124 Å². The third-order valence-corrected chi connectivity index (χ3v) is 3.07. The number of likely N-dealkylation sites (tertiary alicyclic amines) is 1. The lowest BCUT2D eigenvalue weighted by molar-refractivity contribution is -0.366. The van der Waals surface area contributed by atoms with Crippen LogP contribution in [0.1, 0.15) is 25.7 Å². The Balaban J connectivity index is 3.49. The Bertz CT molecular complexity index is 412. The molecule has 0 saturated carbocycles. The quantitative estimate of drug-likeness (QED) is 0.509. The molecule has 0 bridgehead atoms. The average molecular weight is 362 g/mol. The Kier molecular flexibility index (Phi) is 5.68. The fraction of sp³-hybridized carbons (Fsp3) is 0.818. The van der Waals surface area contributed by atoms with Gasteiger partial charge in [0.15, 0.2) is 5.82 Å². The summed E-state index contributed by atoms with van der Waals surface area (Å²) in [6.45, 7) is -1.08. The van der Waals surface area contributed by atoms with E-state index in [2.05, 4.69) is 0 Å². The van der Waals surface area contributed by atoms with Gasteiger partial charge in [0.05, 0.1) is 0 Å². The molecule has 12 heteroatoms. The first kappa shape index (κ1) is 19.7. The Morgan fingerprint density at radius 3 is 1.39 bits per heavy atom. The van der Waals surface area contributed by atoms with Crippen LogP contribution in [0.2, 0.25) is 0 Å². The van der Waals surface area contributed by atoms with Gasteiger partial charge in [-0.05, 0) is 12.8 Å². The fourth-order valence-corrected chi connectivity index (χ4v) is 2.17. The van der Waals surface area contributed by atoms with E-state index in [0.717, 1.165) is 0 Å². The van der Waals surface area contributed by atoms with Crippen molar-refractivity contribution in [1.29, 1.82) is 0 Å². The van der Waals surface area contributed by atoms with Crippen molar-refractivity contribution in [2.75, 3.05) is 13.1 Å². The Hall–Kier alpha value is -1.36. The van der Waals surface area contributed by atoms with Gasteiger partial charge in [-0.15, -0.1) is 26.3 Å². The summed E-state index contributed by atoms with van der Waals surface area (Å²) in [5.74, 6) is -5.98. The van der Waals surface area contributed by atoms with Crippen molar-refractivity contribution in [2.24, 2.45) is 0 Å². The van der Waals surface area contributed by atoms with Crippen LogP contribution in [0.3, 0.4) is 0 Å². The van der Waals surface area contributed by atoms with Crippen molar-refractivity contribution >= 4 is 0 Å². The summed E-state index contributed by atoms with van der Waals surface area (Å²) in [5.41, 5.74) is 0. The van der Waals surface area contributed by atoms with Crippen LogP contribution in [0.15, 0.2) is 11.6 Å². The lowest BCUT2D eigenvalue weighted by Gasteiger charge is -2.37. The fourth-order valence-electron chi connectivity index (χ4n) is 2.17. The van der Waals surface area contributed by atoms with Crippen LogP contribution in [0, 0.1) is 0 Å². The summed E-state index contributed by atoms with van der Waals surface area (Å²) in [6, 6.07) is 0. The highest BCUT2D eigenvalue weighted by atomic mass is 19.4. The smallest absolute Gasteiger partial charge is 0.355 e. The van der Waals surface area contributed by atoms with Crippen molar-refractivity contribution in [2.45, 2.75) is 44.5 Å². The van der Waals surface area contributed by atoms with Crippen molar-refractivity contribution in [3.05, 3.63) is 11.6 Å². The largest absolute Gasteiger partial charge is 0.493 e. The maximum absolute atomic E-state index is 13.5. The molecule has 0 aromatic rings. The molecule has 1 heterocycles. The molecule has 0 atom stereocenters. The molecule has 0 unspecified atom stereocenters. The van der Waals surface area contributed by atoms with Crippen LogP contribution in [0.5, 0.6) is 0 Å². The molecule has 0 amide bonds. The summed E-state index contributed by atoms with van der Waals surface area (Å²) >= 11 is 0. The molecule has 0 radical (unpaired) electrons. The molecule has 23 heavy (non-hydrogen) atoms. The first-order valence-electron chi connectivity index (χ1n) is 6.42. The highest BCUT2D eigenvalue weighted by molar-refractivity contribution is 5.13. The second kappa shape index (κ2) is 6.63. The van der Waals surface area contributed by atoms with Crippen LogP contribution < -0.4 is 0 Å². The lowest BCUT2D eigenvalue weighted by atomic mass is 10.2. The van der Waals surface area contributed by atoms with Crippen LogP contribution in [-0.4, -0.2) is 41.7 Å². The van der Waals surface area contributed by atoms with Gasteiger partial charge in [-0.2, -0.15) is 22.5 Å². The van der Waals surface area contributed by atoms with E-state index < -0.39 is 48.4 Å². The van der Waals surface area contributed by atoms with E-state index >= 15 is 0 Å². The maximum Gasteiger partial charge on any atom is 0.493 e. The first-order chi connectivity index (χ1) is 10.3. The second-order valence-corrected chi connectivity index (χ2v) is 4.81. The molecule has 0 aliphatic carbocycles. The van der Waals surface area contributed by atoms with Crippen molar-refractivity contribution in [3.8, 4) is 0 Å². The molecular weight excluding hydrogens is 350 g/mol. The van der Waals surface area contributed by atoms with E-state index in [1.54, 1.807) is 0 Å². The minimum atomic E-state index is -6.26. The standard InChI is InChI=1S/C11H12F10N2/c12-7(9(13,14)15)8(22-5-3-1-2-4-6-22)23(10(16,17)18)11(19,20)21/h1-6H2/b8-7+. The van der Waals surface area contributed by atoms with Crippen molar-refractivity contribution < 1.29 is 43.9 Å². The van der Waals surface area contributed by atoms with Gasteiger partial charge in [0.1, 0.15) is 0 Å². The molecule has 1 rings (SSSR count). The van der Waals surface area contributed by atoms with Crippen LogP contribution >= 0.6 is 0 Å². The van der Waals surface area contributed by atoms with E-state index in [9.17, 15) is 43.9 Å². The predicted octanol–water partition coefficient (Wildman–Crippen LogP) is 4.90. The monoisotopic (exact) mass is 362 g/mol. The highest BCUT2D eigenvalue weighted by Gasteiger charge is 2.59. The van der Waals surface area contributed by atoms with E-state index in [1.807, 2.05) is 0 Å². The van der Waals surface area contributed by atoms with Gasteiger partial charge in [-0.3, -0.25) is 0 Å². The molecule has 1 saturated heterocycles. The van der Waals surface area contributed by atoms with E-state index in [-0.39, 0.29) is 17.7 Å². The molecule has 0 N–H and O–H groups in total. The van der Waals surface area contributed by atoms with E-state index in [0.29, 0.717) is 12.8 Å². The van der Waals surface area contributed by atoms with E-state index in [4.69, 9.17) is 0 Å². The SMILES string of the molecule is F/C(=C(\N1CCCCCC1)N(C(F)(F)F)C(F)(F)F)C(F)(F)F. The number of halogens is 10. The van der Waals surface area contributed by atoms with Gasteiger partial charge in [-0.1, -0.05) is 12.8 Å². The van der Waals surface area contributed by atoms with Gasteiger partial charge < -0.3 is 4.90 Å². The lowest BCUT2D eigenvalue weighted by Crippen LogP contribution is -2.52. The number of hydrogen-bond donors (Lipinski definition) is 0. The zero-order chi connectivity index (χ0) is 18.1. The van der Waals surface area contributed by atoms with Crippen molar-refractivity contribution in [1.82, 2.24) is 9.80 Å². The first-order valence-corrected chi connectivity index (χ1v) is 6.42. The van der Waals surface area contributed by atoms with E-state index in [1.165, 1.54) is 0 Å². The number of allylic oxidation sites excluding steroid dienone is 1. The molecule has 0 spiro atoms. The molecule has 136 valence electrons. The molecule has 1 aliphatic rings. The Morgan fingerprint density at radius 2 is 1.09 bits per heavy atom. The summed E-state index contributed by atoms with van der Waals surface area (Å²) in [5, 5.41) is 0. The summed E-state index contributed by atoms with van der Waals surface area (Å²) in [4.78, 5) is -2.27. The number of rotatable bonds is 2. The molecule has 0 aromatic carbocycles. The van der Waals surface area contributed by atoms with Crippen LogP contribution in [0.25, 0.3) is 0 Å². The second-order valence-electron chi connectivity index (χ2n) is 4.81. The van der Waals surface area contributed by atoms with Gasteiger partial charge in [0, 0.05) is 13.1 Å². The summed E-state index contributed by atoms with van der Waals surface area (Å²) in [7, 11) is 0. The van der Waals surface area contributed by atoms with Crippen molar-refractivity contribution in [3.63, 3.8) is 0 Å². The highest BCUT2D eigenvalue weighted by Crippen LogP contribution is 2.43. The average Bonchev–Trinajstić information content (AvgIpc) is 2.59. The molecule has 1 aliphatic heterocycles. The minimum Gasteiger partial charge on any atom is -0.355 e. The molecular formula is C11H12F10N2. The number of alkyl halides is 9. The molecule has 2 nitrogen and oxygen atoms in total. The minimum absolute atomic E-state index is 0.0538. The third kappa shape index (κ3) is 5.06. The van der Waals surface area contributed by atoms with Gasteiger partial charge in [-0.25, -0.2) is 0 Å². The van der Waals surface area contributed by atoms with Gasteiger partial charge in [0.2, 0.25) is 5.83 Å². The normalized spacial score (nSPS) is 19.3. The maximum atomic E-state index is 13.5. The van der Waals surface area contributed by atoms with Crippen LogP contribution in [0.4, 0.5) is 43.9 Å².